The van der Waals surface area contributed by atoms with Gasteiger partial charge in [0.15, 0.2) is 0 Å². The first-order chi connectivity index (χ1) is 8.63. The molecule has 1 aromatic carbocycles. The lowest BCUT2D eigenvalue weighted by atomic mass is 10.1. The fraction of sp³-hybridized carbons (Fsp3) is 0.214. The van der Waals surface area contributed by atoms with Crippen molar-refractivity contribution in [2.24, 2.45) is 0 Å². The average Bonchev–Trinajstić information content (AvgIpc) is 2.33. The van der Waals surface area contributed by atoms with Gasteiger partial charge in [0.05, 0.1) is 6.07 Å². The van der Waals surface area contributed by atoms with E-state index in [0.717, 1.165) is 12.1 Å². The van der Waals surface area contributed by atoms with E-state index in [1.807, 2.05) is 6.07 Å². The Balaban J connectivity index is 3.10. The molecule has 94 valence electrons. The third-order valence-electron chi connectivity index (χ3n) is 2.47. The predicted molar refractivity (Wildman–Crippen MR) is 66.7 cm³/mol. The first-order valence-electron chi connectivity index (χ1n) is 5.44. The second-order valence-corrected chi connectivity index (χ2v) is 3.73. The summed E-state index contributed by atoms with van der Waals surface area (Å²) in [6.45, 7) is 8.02. The van der Waals surface area contributed by atoms with Crippen molar-refractivity contribution >= 4 is 0 Å². The third-order valence-corrected chi connectivity index (χ3v) is 2.47. The Hall–Kier alpha value is -1.99. The van der Waals surface area contributed by atoms with Gasteiger partial charge in [-0.25, -0.2) is 8.78 Å². The van der Waals surface area contributed by atoms with Gasteiger partial charge in [0.25, 0.3) is 0 Å². The molecule has 0 radical (unpaired) electrons. The van der Waals surface area contributed by atoms with Gasteiger partial charge in [-0.15, -0.1) is 13.2 Å². The third kappa shape index (κ3) is 3.25. The van der Waals surface area contributed by atoms with Crippen LogP contribution in [0, 0.1) is 23.0 Å². The zero-order chi connectivity index (χ0) is 13.5. The number of halogens is 2. The maximum atomic E-state index is 13.7. The van der Waals surface area contributed by atoms with E-state index in [1.54, 1.807) is 17.1 Å². The van der Waals surface area contributed by atoms with Crippen molar-refractivity contribution in [3.8, 4) is 6.07 Å². The topological polar surface area (TPSA) is 27.0 Å². The minimum absolute atomic E-state index is 0.155. The number of hydrogen-bond acceptors (Lipinski definition) is 2. The van der Waals surface area contributed by atoms with Crippen molar-refractivity contribution in [2.75, 3.05) is 13.1 Å². The van der Waals surface area contributed by atoms with Gasteiger partial charge in [0, 0.05) is 24.7 Å². The Morgan fingerprint density at radius 2 is 1.89 bits per heavy atom. The fourth-order valence-corrected chi connectivity index (χ4v) is 1.69. The number of nitriles is 1. The fourth-order valence-electron chi connectivity index (χ4n) is 1.69. The van der Waals surface area contributed by atoms with E-state index < -0.39 is 17.7 Å². The molecule has 1 atom stereocenters. The van der Waals surface area contributed by atoms with Crippen LogP contribution >= 0.6 is 0 Å². The summed E-state index contributed by atoms with van der Waals surface area (Å²) < 4.78 is 26.5. The molecule has 0 aliphatic carbocycles. The number of rotatable bonds is 6. The van der Waals surface area contributed by atoms with E-state index in [4.69, 9.17) is 0 Å². The van der Waals surface area contributed by atoms with Gasteiger partial charge in [-0.3, -0.25) is 4.90 Å². The van der Waals surface area contributed by atoms with Crippen LogP contribution in [-0.2, 0) is 0 Å². The molecule has 0 N–H and O–H groups in total. The summed E-state index contributed by atoms with van der Waals surface area (Å²) in [7, 11) is 0. The summed E-state index contributed by atoms with van der Waals surface area (Å²) >= 11 is 0. The molecule has 4 heteroatoms. The van der Waals surface area contributed by atoms with Gasteiger partial charge in [0.2, 0.25) is 0 Å². The van der Waals surface area contributed by atoms with Crippen LogP contribution in [0.1, 0.15) is 11.6 Å². The van der Waals surface area contributed by atoms with E-state index >= 15 is 0 Å². The zero-order valence-electron chi connectivity index (χ0n) is 9.94. The molecule has 1 aromatic rings. The van der Waals surface area contributed by atoms with Gasteiger partial charge >= 0.3 is 0 Å². The molecule has 0 saturated carbocycles. The molecular weight excluding hydrogens is 234 g/mol. The van der Waals surface area contributed by atoms with Crippen molar-refractivity contribution in [2.45, 2.75) is 6.04 Å². The molecule has 0 aliphatic heterocycles. The highest BCUT2D eigenvalue weighted by Gasteiger charge is 2.21. The Bertz CT molecular complexity index is 467. The maximum absolute atomic E-state index is 13.7. The number of hydrogen-bond donors (Lipinski definition) is 0. The van der Waals surface area contributed by atoms with Crippen molar-refractivity contribution in [3.63, 3.8) is 0 Å². The van der Waals surface area contributed by atoms with Crippen LogP contribution in [0.5, 0.6) is 0 Å². The van der Waals surface area contributed by atoms with E-state index in [0.29, 0.717) is 13.1 Å². The van der Waals surface area contributed by atoms with Crippen LogP contribution < -0.4 is 0 Å². The van der Waals surface area contributed by atoms with Gasteiger partial charge < -0.3 is 0 Å². The Kier molecular flexibility index (Phi) is 5.22. The molecule has 0 aromatic heterocycles. The van der Waals surface area contributed by atoms with E-state index in [-0.39, 0.29) is 5.56 Å². The van der Waals surface area contributed by atoms with Crippen molar-refractivity contribution in [1.29, 1.82) is 5.26 Å². The second kappa shape index (κ2) is 6.67. The molecule has 0 bridgehead atoms. The SMILES string of the molecule is C=CCN(CC=C)C(C#N)c1ccc(F)cc1F. The van der Waals surface area contributed by atoms with Crippen molar-refractivity contribution in [1.82, 2.24) is 4.90 Å². The summed E-state index contributed by atoms with van der Waals surface area (Å²) in [5.74, 6) is -1.38. The highest BCUT2D eigenvalue weighted by atomic mass is 19.1. The number of nitrogens with zero attached hydrogens (tertiary/aromatic N) is 2. The second-order valence-electron chi connectivity index (χ2n) is 3.73. The molecule has 18 heavy (non-hydrogen) atoms. The molecule has 2 nitrogen and oxygen atoms in total. The average molecular weight is 248 g/mol. The summed E-state index contributed by atoms with van der Waals surface area (Å²) in [6, 6.07) is 4.43. The molecule has 0 heterocycles. The molecule has 0 spiro atoms. The molecule has 0 saturated heterocycles. The maximum Gasteiger partial charge on any atom is 0.131 e. The van der Waals surface area contributed by atoms with Crippen molar-refractivity contribution in [3.05, 3.63) is 60.7 Å². The van der Waals surface area contributed by atoms with Crippen LogP contribution in [-0.4, -0.2) is 18.0 Å². The molecule has 0 fully saturated rings. The smallest absolute Gasteiger partial charge is 0.131 e. The quantitative estimate of drug-likeness (QED) is 0.723. The summed E-state index contributed by atoms with van der Waals surface area (Å²) in [5.41, 5.74) is 0.155. The van der Waals surface area contributed by atoms with Crippen molar-refractivity contribution < 1.29 is 8.78 Å². The normalized spacial score (nSPS) is 11.9. The van der Waals surface area contributed by atoms with Crippen LogP contribution in [0.15, 0.2) is 43.5 Å². The van der Waals surface area contributed by atoms with Gasteiger partial charge in [-0.1, -0.05) is 18.2 Å². The van der Waals surface area contributed by atoms with Crippen LogP contribution in [0.2, 0.25) is 0 Å². The summed E-state index contributed by atoms with van der Waals surface area (Å²) in [5, 5.41) is 9.18. The Labute approximate surface area is 105 Å². The van der Waals surface area contributed by atoms with Gasteiger partial charge in [0.1, 0.15) is 17.7 Å². The standard InChI is InChI=1S/C14H14F2N2/c1-3-7-18(8-4-2)14(10-17)12-6-5-11(15)9-13(12)16/h3-6,9,14H,1-2,7-8H2. The molecule has 0 amide bonds. The first kappa shape index (κ1) is 14.1. The lowest BCUT2D eigenvalue weighted by molar-refractivity contribution is 0.285. The van der Waals surface area contributed by atoms with Gasteiger partial charge in [-0.2, -0.15) is 5.26 Å². The van der Waals surface area contributed by atoms with Gasteiger partial charge in [-0.05, 0) is 6.07 Å². The Morgan fingerprint density at radius 1 is 1.28 bits per heavy atom. The lowest BCUT2D eigenvalue weighted by Crippen LogP contribution is -2.29. The molecule has 1 rings (SSSR count). The summed E-state index contributed by atoms with van der Waals surface area (Å²) in [6.07, 6.45) is 3.24. The molecular formula is C14H14F2N2. The van der Waals surface area contributed by atoms with Crippen LogP contribution in [0.3, 0.4) is 0 Å². The number of benzene rings is 1. The largest absolute Gasteiger partial charge is 0.277 e. The summed E-state index contributed by atoms with van der Waals surface area (Å²) in [4.78, 5) is 1.69. The minimum atomic E-state index is -0.790. The molecule has 0 aliphatic rings. The van der Waals surface area contributed by atoms with E-state index in [9.17, 15) is 14.0 Å². The highest BCUT2D eigenvalue weighted by Crippen LogP contribution is 2.23. The Morgan fingerprint density at radius 3 is 2.33 bits per heavy atom. The predicted octanol–water partition coefficient (Wildman–Crippen LogP) is 3.20. The monoisotopic (exact) mass is 248 g/mol. The first-order valence-corrected chi connectivity index (χ1v) is 5.44. The zero-order valence-corrected chi connectivity index (χ0v) is 9.94. The van der Waals surface area contributed by atoms with E-state index in [2.05, 4.69) is 13.2 Å². The molecule has 1 unspecified atom stereocenters. The highest BCUT2D eigenvalue weighted by molar-refractivity contribution is 5.27. The van der Waals surface area contributed by atoms with Crippen LogP contribution in [0.4, 0.5) is 8.78 Å². The minimum Gasteiger partial charge on any atom is -0.277 e. The van der Waals surface area contributed by atoms with E-state index in [1.165, 1.54) is 6.07 Å². The lowest BCUT2D eigenvalue weighted by Gasteiger charge is -2.24. The van der Waals surface area contributed by atoms with Crippen LogP contribution in [0.25, 0.3) is 0 Å².